The van der Waals surface area contributed by atoms with E-state index in [1.54, 1.807) is 0 Å². The second-order valence-corrected chi connectivity index (χ2v) is 7.14. The zero-order valence-electron chi connectivity index (χ0n) is 14.5. The van der Waals surface area contributed by atoms with Crippen LogP contribution in [0.2, 0.25) is 0 Å². The molecule has 1 heterocycles. The van der Waals surface area contributed by atoms with Crippen molar-refractivity contribution in [1.82, 2.24) is 9.80 Å². The van der Waals surface area contributed by atoms with Gasteiger partial charge in [0.05, 0.1) is 10.0 Å². The average molecular weight is 459 g/mol. The van der Waals surface area contributed by atoms with Gasteiger partial charge in [-0.1, -0.05) is 0 Å². The zero-order chi connectivity index (χ0) is 20.5. The van der Waals surface area contributed by atoms with Gasteiger partial charge in [0, 0.05) is 37.3 Å². The summed E-state index contributed by atoms with van der Waals surface area (Å²) in [5.74, 6) is -1.27. The minimum Gasteiger partial charge on any atom is -0.335 e. The van der Waals surface area contributed by atoms with Crippen molar-refractivity contribution >= 4 is 27.7 Å². The third-order valence-electron chi connectivity index (χ3n) is 4.48. The van der Waals surface area contributed by atoms with Gasteiger partial charge < -0.3 is 9.80 Å². The molecule has 1 saturated heterocycles. The van der Waals surface area contributed by atoms with Gasteiger partial charge in [-0.3, -0.25) is 9.59 Å². The minimum absolute atomic E-state index is 0.155. The van der Waals surface area contributed by atoms with Crippen molar-refractivity contribution < 1.29 is 27.2 Å². The molecule has 0 saturated carbocycles. The number of amides is 2. The van der Waals surface area contributed by atoms with Gasteiger partial charge in [0.15, 0.2) is 0 Å². The quantitative estimate of drug-likeness (QED) is 0.632. The van der Waals surface area contributed by atoms with Gasteiger partial charge in [0.1, 0.15) is 5.82 Å². The highest BCUT2D eigenvalue weighted by atomic mass is 79.9. The molecule has 1 aliphatic rings. The monoisotopic (exact) mass is 458 g/mol. The molecule has 0 atom stereocenters. The van der Waals surface area contributed by atoms with Crippen molar-refractivity contribution in [2.45, 2.75) is 6.18 Å². The third-order valence-corrected chi connectivity index (χ3v) is 5.12. The molecule has 4 nitrogen and oxygen atoms in total. The normalized spacial score (nSPS) is 14.9. The molecule has 1 fully saturated rings. The molecule has 9 heteroatoms. The topological polar surface area (TPSA) is 40.6 Å². The van der Waals surface area contributed by atoms with Crippen molar-refractivity contribution in [3.8, 4) is 0 Å². The first-order valence-electron chi connectivity index (χ1n) is 8.37. The van der Waals surface area contributed by atoms with Gasteiger partial charge in [0.25, 0.3) is 11.8 Å². The number of hydrogen-bond acceptors (Lipinski definition) is 2. The maximum atomic E-state index is 13.6. The number of halogens is 5. The van der Waals surface area contributed by atoms with Crippen molar-refractivity contribution in [2.75, 3.05) is 26.2 Å². The Morgan fingerprint density at radius 1 is 0.821 bits per heavy atom. The number of alkyl halides is 3. The summed E-state index contributed by atoms with van der Waals surface area (Å²) >= 11 is 3.03. The van der Waals surface area contributed by atoms with Crippen LogP contribution >= 0.6 is 15.9 Å². The maximum absolute atomic E-state index is 13.6. The lowest BCUT2D eigenvalue weighted by Gasteiger charge is -2.35. The van der Waals surface area contributed by atoms with Gasteiger partial charge in [-0.2, -0.15) is 13.2 Å². The summed E-state index contributed by atoms with van der Waals surface area (Å²) in [6.45, 7) is 0.987. The molecule has 2 aromatic carbocycles. The fourth-order valence-electron chi connectivity index (χ4n) is 2.91. The van der Waals surface area contributed by atoms with Gasteiger partial charge in [0.2, 0.25) is 0 Å². The Morgan fingerprint density at radius 2 is 1.29 bits per heavy atom. The van der Waals surface area contributed by atoms with Crippen LogP contribution in [0.5, 0.6) is 0 Å². The molecule has 0 unspecified atom stereocenters. The molecule has 0 aromatic heterocycles. The predicted molar refractivity (Wildman–Crippen MR) is 97.4 cm³/mol. The molecule has 148 valence electrons. The largest absolute Gasteiger partial charge is 0.416 e. The highest BCUT2D eigenvalue weighted by Gasteiger charge is 2.31. The van der Waals surface area contributed by atoms with Crippen LogP contribution in [0.3, 0.4) is 0 Å². The molecule has 0 radical (unpaired) electrons. The van der Waals surface area contributed by atoms with E-state index in [9.17, 15) is 27.2 Å². The van der Waals surface area contributed by atoms with Crippen molar-refractivity contribution in [1.29, 1.82) is 0 Å². The number of nitrogens with zero attached hydrogens (tertiary/aromatic N) is 2. The molecule has 0 bridgehead atoms. The molecular weight excluding hydrogens is 444 g/mol. The Morgan fingerprint density at radius 3 is 1.75 bits per heavy atom. The Balaban J connectivity index is 1.62. The third kappa shape index (κ3) is 4.35. The van der Waals surface area contributed by atoms with E-state index in [4.69, 9.17) is 0 Å². The van der Waals surface area contributed by atoms with Crippen molar-refractivity contribution in [3.05, 3.63) is 69.4 Å². The number of piperazine rings is 1. The first kappa shape index (κ1) is 20.3. The van der Waals surface area contributed by atoms with E-state index < -0.39 is 23.5 Å². The summed E-state index contributed by atoms with van der Waals surface area (Å²) in [6, 6.07) is 8.14. The molecule has 3 rings (SSSR count). The number of carbonyl (C=O) groups is 2. The maximum Gasteiger partial charge on any atom is 0.416 e. The summed E-state index contributed by atoms with van der Waals surface area (Å²) in [7, 11) is 0. The van der Waals surface area contributed by atoms with E-state index in [1.807, 2.05) is 0 Å². The van der Waals surface area contributed by atoms with E-state index in [0.29, 0.717) is 0 Å². The summed E-state index contributed by atoms with van der Waals surface area (Å²) in [6.07, 6.45) is -4.46. The molecule has 2 aromatic rings. The van der Waals surface area contributed by atoms with Crippen LogP contribution in [-0.2, 0) is 6.18 Å². The number of rotatable bonds is 2. The van der Waals surface area contributed by atoms with Gasteiger partial charge >= 0.3 is 6.18 Å². The predicted octanol–water partition coefficient (Wildman–Crippen LogP) is 4.21. The Kier molecular flexibility index (Phi) is 5.74. The fourth-order valence-corrected chi connectivity index (χ4v) is 3.16. The zero-order valence-corrected chi connectivity index (χ0v) is 16.1. The van der Waals surface area contributed by atoms with E-state index in [-0.39, 0.29) is 47.7 Å². The van der Waals surface area contributed by atoms with Crippen LogP contribution in [0.15, 0.2) is 46.9 Å². The standard InChI is InChI=1S/C19H15BrF4N2O2/c20-15-6-3-13(11-16(15)21)18(28)26-9-7-25(8-10-26)17(27)12-1-4-14(5-2-12)19(22,23)24/h1-6,11H,7-10H2. The molecule has 28 heavy (non-hydrogen) atoms. The second kappa shape index (κ2) is 7.90. The lowest BCUT2D eigenvalue weighted by molar-refractivity contribution is -0.137. The SMILES string of the molecule is O=C(c1ccc(C(F)(F)F)cc1)N1CCN(C(=O)c2ccc(Br)c(F)c2)CC1. The van der Waals surface area contributed by atoms with Crippen LogP contribution < -0.4 is 0 Å². The van der Waals surface area contributed by atoms with Gasteiger partial charge in [-0.05, 0) is 58.4 Å². The van der Waals surface area contributed by atoms with E-state index in [0.717, 1.165) is 30.3 Å². The number of hydrogen-bond donors (Lipinski definition) is 0. The van der Waals surface area contributed by atoms with Crippen LogP contribution in [0.25, 0.3) is 0 Å². The second-order valence-electron chi connectivity index (χ2n) is 6.29. The first-order chi connectivity index (χ1) is 13.2. The Labute approximate surface area is 166 Å². The lowest BCUT2D eigenvalue weighted by Crippen LogP contribution is -2.50. The van der Waals surface area contributed by atoms with Crippen LogP contribution in [0.1, 0.15) is 26.3 Å². The summed E-state index contributed by atoms with van der Waals surface area (Å²) in [4.78, 5) is 27.9. The smallest absolute Gasteiger partial charge is 0.335 e. The Hall–Kier alpha value is -2.42. The van der Waals surface area contributed by atoms with E-state index in [1.165, 1.54) is 21.9 Å². The average Bonchev–Trinajstić information content (AvgIpc) is 2.68. The van der Waals surface area contributed by atoms with Crippen LogP contribution in [0, 0.1) is 5.82 Å². The highest BCUT2D eigenvalue weighted by molar-refractivity contribution is 9.10. The van der Waals surface area contributed by atoms with Crippen molar-refractivity contribution in [2.24, 2.45) is 0 Å². The molecule has 0 N–H and O–H groups in total. The number of carbonyl (C=O) groups excluding carboxylic acids is 2. The summed E-state index contributed by atoms with van der Waals surface area (Å²) in [5, 5.41) is 0. The van der Waals surface area contributed by atoms with Gasteiger partial charge in [-0.25, -0.2) is 4.39 Å². The molecule has 0 aliphatic carbocycles. The first-order valence-corrected chi connectivity index (χ1v) is 9.17. The summed E-state index contributed by atoms with van der Waals surface area (Å²) < 4.78 is 51.8. The van der Waals surface area contributed by atoms with Crippen LogP contribution in [0.4, 0.5) is 17.6 Å². The van der Waals surface area contributed by atoms with Gasteiger partial charge in [-0.15, -0.1) is 0 Å². The van der Waals surface area contributed by atoms with Crippen LogP contribution in [-0.4, -0.2) is 47.8 Å². The van der Waals surface area contributed by atoms with E-state index in [2.05, 4.69) is 15.9 Å². The summed E-state index contributed by atoms with van der Waals surface area (Å²) in [5.41, 5.74) is -0.452. The fraction of sp³-hybridized carbons (Fsp3) is 0.263. The molecule has 0 spiro atoms. The minimum atomic E-state index is -4.46. The molecule has 1 aliphatic heterocycles. The van der Waals surface area contributed by atoms with E-state index >= 15 is 0 Å². The molecular formula is C19H15BrF4N2O2. The highest BCUT2D eigenvalue weighted by Crippen LogP contribution is 2.29. The lowest BCUT2D eigenvalue weighted by atomic mass is 10.1. The van der Waals surface area contributed by atoms with Crippen molar-refractivity contribution in [3.63, 3.8) is 0 Å². The molecule has 2 amide bonds. The Bertz CT molecular complexity index is 892. The number of benzene rings is 2.